The van der Waals surface area contributed by atoms with Gasteiger partial charge in [-0.25, -0.2) is 25.6 Å². The minimum atomic E-state index is -3.80. The Labute approximate surface area is 270 Å². The van der Waals surface area contributed by atoms with Crippen LogP contribution < -0.4 is 4.31 Å². The average Bonchev–Trinajstić information content (AvgIpc) is 3.59. The third-order valence-electron chi connectivity index (χ3n) is 10.1. The number of aryl methyl sites for hydroxylation is 1. The number of sulfonamides is 1. The number of hydrogen-bond donors (Lipinski definition) is 1. The first-order valence-electron chi connectivity index (χ1n) is 15.9. The van der Waals surface area contributed by atoms with E-state index in [0.717, 1.165) is 22.5 Å². The number of aliphatic hydroxyl groups excluding tert-OH is 1. The molecule has 2 aromatic carbocycles. The van der Waals surface area contributed by atoms with Crippen LogP contribution in [0.15, 0.2) is 36.5 Å². The van der Waals surface area contributed by atoms with Crippen LogP contribution in [-0.4, -0.2) is 60.7 Å². The lowest BCUT2D eigenvalue weighted by atomic mass is 9.81. The van der Waals surface area contributed by atoms with Crippen molar-refractivity contribution >= 4 is 42.2 Å². The standard InChI is InChI=1S/C34H44F2N2O6S2/c1-7-22-18-38-19-34(4,5)46(43,44)37(6)30-15-24(14-29(22)32(30)38)31(39)16-25(10-21-11-26(35)17-27(36)12-21)33(40)23-8-9-28(13-23)45(41,42)20(2)3/h11-12,14-15,17-18,20,23,25,28,33,40H,7-10,13,16,19H2,1-6H3/t23-,25-,28+,33-/m1/s1. The average molecular weight is 679 g/mol. The fourth-order valence-corrected chi connectivity index (χ4v) is 10.5. The van der Waals surface area contributed by atoms with Crippen LogP contribution in [0.2, 0.25) is 0 Å². The number of sulfone groups is 1. The van der Waals surface area contributed by atoms with Crippen LogP contribution in [0.4, 0.5) is 14.5 Å². The summed E-state index contributed by atoms with van der Waals surface area (Å²) in [6.45, 7) is 8.85. The second kappa shape index (κ2) is 12.3. The minimum Gasteiger partial charge on any atom is -0.393 e. The Bertz CT molecular complexity index is 1860. The summed E-state index contributed by atoms with van der Waals surface area (Å²) in [5.41, 5.74) is 2.61. The van der Waals surface area contributed by atoms with E-state index in [1.165, 1.54) is 23.5 Å². The van der Waals surface area contributed by atoms with E-state index in [-0.39, 0.29) is 42.7 Å². The lowest BCUT2D eigenvalue weighted by molar-refractivity contribution is 0.0456. The third-order valence-corrected chi connectivity index (χ3v) is 15.2. The maximum absolute atomic E-state index is 14.2. The monoisotopic (exact) mass is 678 g/mol. The van der Waals surface area contributed by atoms with E-state index in [9.17, 15) is 35.5 Å². The summed E-state index contributed by atoms with van der Waals surface area (Å²) >= 11 is 0. The second-order valence-corrected chi connectivity index (χ2v) is 19.3. The van der Waals surface area contributed by atoms with Gasteiger partial charge in [-0.1, -0.05) is 6.92 Å². The molecule has 252 valence electrons. The summed E-state index contributed by atoms with van der Waals surface area (Å²) < 4.78 is 83.4. The molecule has 0 amide bonds. The third kappa shape index (κ3) is 6.12. The number of hydrogen-bond acceptors (Lipinski definition) is 6. The molecule has 1 saturated carbocycles. The topological polar surface area (TPSA) is 114 Å². The van der Waals surface area contributed by atoms with Crippen LogP contribution in [0, 0.1) is 23.5 Å². The molecule has 8 nitrogen and oxygen atoms in total. The summed E-state index contributed by atoms with van der Waals surface area (Å²) in [6, 6.07) is 6.44. The SMILES string of the molecule is CCc1cn2c3c(cc(C(=O)C[C@@H](Cc4cc(F)cc(F)c4)[C@H](O)[C@@H]4CC[C@H](S(=O)(=O)C(C)C)C4)cc13)N(C)S(=O)(=O)C(C)(C)C2. The highest BCUT2D eigenvalue weighted by Gasteiger charge is 2.43. The van der Waals surface area contributed by atoms with Gasteiger partial charge in [0.25, 0.3) is 0 Å². The minimum absolute atomic E-state index is 0.00611. The smallest absolute Gasteiger partial charge is 0.241 e. The number of halogens is 2. The van der Waals surface area contributed by atoms with Crippen molar-refractivity contribution < 1.29 is 35.5 Å². The van der Waals surface area contributed by atoms with Crippen molar-refractivity contribution in [3.05, 3.63) is 64.9 Å². The van der Waals surface area contributed by atoms with E-state index in [1.54, 1.807) is 39.8 Å². The van der Waals surface area contributed by atoms with Gasteiger partial charge in [-0.3, -0.25) is 9.10 Å². The Morgan fingerprint density at radius 3 is 2.35 bits per heavy atom. The van der Waals surface area contributed by atoms with Crippen molar-refractivity contribution in [3.8, 4) is 0 Å². The summed E-state index contributed by atoms with van der Waals surface area (Å²) in [7, 11) is -5.71. The molecule has 0 unspecified atom stereocenters. The predicted octanol–water partition coefficient (Wildman–Crippen LogP) is 5.82. The number of carbonyl (C=O) groups excluding carboxylic acids is 1. The van der Waals surface area contributed by atoms with Crippen LogP contribution in [0.3, 0.4) is 0 Å². The number of rotatable bonds is 10. The lowest BCUT2D eigenvalue weighted by Crippen LogP contribution is -2.44. The molecule has 0 bridgehead atoms. The van der Waals surface area contributed by atoms with Gasteiger partial charge < -0.3 is 9.67 Å². The molecule has 2 heterocycles. The van der Waals surface area contributed by atoms with Gasteiger partial charge in [0.1, 0.15) is 16.4 Å². The number of aliphatic hydroxyl groups is 1. The van der Waals surface area contributed by atoms with Crippen molar-refractivity contribution in [1.29, 1.82) is 0 Å². The van der Waals surface area contributed by atoms with Crippen LogP contribution >= 0.6 is 0 Å². The Morgan fingerprint density at radius 2 is 1.74 bits per heavy atom. The van der Waals surface area contributed by atoms with E-state index in [0.29, 0.717) is 24.9 Å². The maximum Gasteiger partial charge on any atom is 0.241 e. The highest BCUT2D eigenvalue weighted by Crippen LogP contribution is 2.41. The molecule has 46 heavy (non-hydrogen) atoms. The molecule has 1 aliphatic heterocycles. The van der Waals surface area contributed by atoms with Gasteiger partial charge in [0, 0.05) is 43.2 Å². The Kier molecular flexibility index (Phi) is 9.24. The molecule has 0 saturated heterocycles. The van der Waals surface area contributed by atoms with Gasteiger partial charge in [0.2, 0.25) is 10.0 Å². The lowest BCUT2D eigenvalue weighted by Gasteiger charge is -2.29. The predicted molar refractivity (Wildman–Crippen MR) is 176 cm³/mol. The number of benzene rings is 2. The number of carbonyl (C=O) groups is 1. The molecule has 0 radical (unpaired) electrons. The second-order valence-electron chi connectivity index (χ2n) is 14.0. The van der Waals surface area contributed by atoms with Gasteiger partial charge in [0.05, 0.1) is 27.8 Å². The molecule has 5 rings (SSSR count). The van der Waals surface area contributed by atoms with Gasteiger partial charge in [0.15, 0.2) is 15.6 Å². The quantitative estimate of drug-likeness (QED) is 0.270. The van der Waals surface area contributed by atoms with E-state index in [1.807, 2.05) is 17.7 Å². The normalized spacial score (nSPS) is 22.3. The number of Topliss-reactive ketones (excluding diaryl/α,β-unsaturated/α-hetero) is 1. The fourth-order valence-electron chi connectivity index (χ4n) is 7.34. The molecule has 4 atom stereocenters. The molecule has 1 N–H and O–H groups in total. The van der Waals surface area contributed by atoms with E-state index < -0.39 is 64.7 Å². The number of nitrogens with zero attached hydrogens (tertiary/aromatic N) is 2. The zero-order valence-corrected chi connectivity index (χ0v) is 28.9. The zero-order chi connectivity index (χ0) is 33.9. The molecular weight excluding hydrogens is 635 g/mol. The van der Waals surface area contributed by atoms with Gasteiger partial charge >= 0.3 is 0 Å². The van der Waals surface area contributed by atoms with Crippen molar-refractivity contribution in [1.82, 2.24) is 4.57 Å². The van der Waals surface area contributed by atoms with Crippen molar-refractivity contribution in [3.63, 3.8) is 0 Å². The molecule has 1 aromatic heterocycles. The summed E-state index contributed by atoms with van der Waals surface area (Å²) in [5.74, 6) is -3.09. The molecule has 0 spiro atoms. The highest BCUT2D eigenvalue weighted by atomic mass is 32.2. The number of ketones is 1. The van der Waals surface area contributed by atoms with Crippen LogP contribution in [0.5, 0.6) is 0 Å². The van der Waals surface area contributed by atoms with E-state index in [4.69, 9.17) is 0 Å². The van der Waals surface area contributed by atoms with Crippen LogP contribution in [0.25, 0.3) is 10.9 Å². The molecule has 2 aliphatic rings. The first-order valence-corrected chi connectivity index (χ1v) is 19.0. The van der Waals surface area contributed by atoms with E-state index in [2.05, 4.69) is 0 Å². The Hall–Kier alpha value is -2.83. The van der Waals surface area contributed by atoms with Crippen LogP contribution in [-0.2, 0) is 39.2 Å². The first-order chi connectivity index (χ1) is 21.4. The largest absolute Gasteiger partial charge is 0.393 e. The Balaban J connectivity index is 1.53. The number of aromatic nitrogens is 1. The number of anilines is 1. The first kappa shape index (κ1) is 34.5. The van der Waals surface area contributed by atoms with Crippen molar-refractivity contribution in [2.75, 3.05) is 11.4 Å². The molecule has 1 aliphatic carbocycles. The van der Waals surface area contributed by atoms with Gasteiger partial charge in [-0.15, -0.1) is 0 Å². The summed E-state index contributed by atoms with van der Waals surface area (Å²) in [6.07, 6.45) is 2.38. The molecular formula is C34H44F2N2O6S2. The van der Waals surface area contributed by atoms with E-state index >= 15 is 0 Å². The fraction of sp³-hybridized carbons (Fsp3) is 0.559. The van der Waals surface area contributed by atoms with Gasteiger partial charge in [-0.05, 0) is 107 Å². The van der Waals surface area contributed by atoms with Crippen molar-refractivity contribution in [2.24, 2.45) is 11.8 Å². The maximum atomic E-state index is 14.2. The summed E-state index contributed by atoms with van der Waals surface area (Å²) in [5, 5.41) is 11.3. The van der Waals surface area contributed by atoms with Gasteiger partial charge in [-0.2, -0.15) is 0 Å². The van der Waals surface area contributed by atoms with Crippen molar-refractivity contribution in [2.45, 2.75) is 101 Å². The zero-order valence-electron chi connectivity index (χ0n) is 27.3. The molecule has 3 aromatic rings. The highest BCUT2D eigenvalue weighted by molar-refractivity contribution is 7.94. The van der Waals surface area contributed by atoms with Crippen LogP contribution in [0.1, 0.15) is 81.8 Å². The Morgan fingerprint density at radius 1 is 1.09 bits per heavy atom. The molecule has 1 fully saturated rings. The summed E-state index contributed by atoms with van der Waals surface area (Å²) in [4.78, 5) is 14.1. The molecule has 12 heteroatoms.